The molecule has 0 radical (unpaired) electrons. The fraction of sp³-hybridized carbons (Fsp3) is 0.533. The minimum Gasteiger partial charge on any atom is -0.388 e. The summed E-state index contributed by atoms with van der Waals surface area (Å²) in [6.07, 6.45) is -1.14. The molecular weight excluding hydrogens is 281 g/mol. The van der Waals surface area contributed by atoms with Gasteiger partial charge in [-0.3, -0.25) is 4.79 Å². The topological polar surface area (TPSA) is 32.3 Å². The Morgan fingerprint density at radius 3 is 2.52 bits per heavy atom. The molecule has 0 bridgehead atoms. The van der Waals surface area contributed by atoms with E-state index >= 15 is 0 Å². The smallest absolute Gasteiger partial charge is 0.388 e. The fourth-order valence-electron chi connectivity index (χ4n) is 2.50. The summed E-state index contributed by atoms with van der Waals surface area (Å²) in [5.41, 5.74) is -0.767. The van der Waals surface area contributed by atoms with Gasteiger partial charge in [0.05, 0.1) is 5.56 Å². The molecule has 6 heteroatoms. The Labute approximate surface area is 122 Å². The molecule has 116 valence electrons. The van der Waals surface area contributed by atoms with E-state index in [1.807, 2.05) is 0 Å². The number of halogens is 3. The van der Waals surface area contributed by atoms with Crippen LogP contribution in [0.1, 0.15) is 35.2 Å². The Kier molecular flexibility index (Phi) is 4.44. The molecule has 1 aromatic rings. The highest BCUT2D eigenvalue weighted by Gasteiger charge is 2.34. The number of carbonyl (C=O) groups is 1. The number of hydrogen-bond donors (Lipinski definition) is 1. The zero-order valence-electron chi connectivity index (χ0n) is 12.1. The van der Waals surface area contributed by atoms with Gasteiger partial charge in [0.25, 0.3) is 5.91 Å². The number of hydrogen-bond acceptors (Lipinski definition) is 2. The molecule has 0 aliphatic heterocycles. The van der Waals surface area contributed by atoms with Crippen molar-refractivity contribution < 1.29 is 18.0 Å². The highest BCUT2D eigenvalue weighted by atomic mass is 19.4. The number of nitrogens with one attached hydrogen (secondary N) is 1. The number of rotatable bonds is 4. The predicted molar refractivity (Wildman–Crippen MR) is 75.3 cm³/mol. The lowest BCUT2D eigenvalue weighted by molar-refractivity contribution is -0.136. The Morgan fingerprint density at radius 2 is 2.05 bits per heavy atom. The lowest BCUT2D eigenvalue weighted by Gasteiger charge is -2.30. The standard InChI is InChI=1S/C15H19F3N2O/c1-19-13-7-6-11(8-12(13)15(16,17)18)14(21)20(2)9-10-4-3-5-10/h6-8,10,19H,3-5,9H2,1-2H3. The van der Waals surface area contributed by atoms with Gasteiger partial charge in [0.1, 0.15) is 0 Å². The molecule has 1 aromatic carbocycles. The maximum Gasteiger partial charge on any atom is 0.418 e. The molecule has 1 fully saturated rings. The summed E-state index contributed by atoms with van der Waals surface area (Å²) < 4.78 is 39.0. The quantitative estimate of drug-likeness (QED) is 0.921. The first kappa shape index (κ1) is 15.7. The third-order valence-electron chi connectivity index (χ3n) is 3.94. The van der Waals surface area contributed by atoms with Crippen LogP contribution in [0.25, 0.3) is 0 Å². The molecule has 21 heavy (non-hydrogen) atoms. The minimum absolute atomic E-state index is 0.0271. The molecule has 1 aliphatic rings. The van der Waals surface area contributed by atoms with Crippen molar-refractivity contribution in [1.29, 1.82) is 0 Å². The Hall–Kier alpha value is -1.72. The van der Waals surface area contributed by atoms with E-state index in [0.717, 1.165) is 18.9 Å². The van der Waals surface area contributed by atoms with Gasteiger partial charge in [0.2, 0.25) is 0 Å². The third kappa shape index (κ3) is 3.49. The summed E-state index contributed by atoms with van der Waals surface area (Å²) in [7, 11) is 3.06. The monoisotopic (exact) mass is 300 g/mol. The SMILES string of the molecule is CNc1ccc(C(=O)N(C)CC2CCC2)cc1C(F)(F)F. The van der Waals surface area contributed by atoms with Crippen LogP contribution in [0.3, 0.4) is 0 Å². The summed E-state index contributed by atoms with van der Waals surface area (Å²) in [6, 6.07) is 3.65. The number of alkyl halides is 3. The summed E-state index contributed by atoms with van der Waals surface area (Å²) >= 11 is 0. The first-order valence-corrected chi connectivity index (χ1v) is 6.97. The van der Waals surface area contributed by atoms with Gasteiger partial charge in [-0.25, -0.2) is 0 Å². The number of amides is 1. The first-order valence-electron chi connectivity index (χ1n) is 6.97. The number of carbonyl (C=O) groups excluding carboxylic acids is 1. The molecule has 1 amide bonds. The van der Waals surface area contributed by atoms with E-state index in [1.54, 1.807) is 7.05 Å². The normalized spacial score (nSPS) is 15.5. The zero-order valence-corrected chi connectivity index (χ0v) is 12.1. The number of anilines is 1. The van der Waals surface area contributed by atoms with Crippen molar-refractivity contribution >= 4 is 11.6 Å². The van der Waals surface area contributed by atoms with E-state index in [0.29, 0.717) is 12.5 Å². The Morgan fingerprint density at radius 1 is 1.38 bits per heavy atom. The Balaban J connectivity index is 2.20. The van der Waals surface area contributed by atoms with E-state index in [4.69, 9.17) is 0 Å². The van der Waals surface area contributed by atoms with Crippen LogP contribution in [0, 0.1) is 5.92 Å². The lowest BCUT2D eigenvalue weighted by Crippen LogP contribution is -2.34. The largest absolute Gasteiger partial charge is 0.418 e. The van der Waals surface area contributed by atoms with Gasteiger partial charge in [-0.1, -0.05) is 6.42 Å². The van der Waals surface area contributed by atoms with Gasteiger partial charge in [-0.2, -0.15) is 13.2 Å². The van der Waals surface area contributed by atoms with Crippen LogP contribution >= 0.6 is 0 Å². The highest BCUT2D eigenvalue weighted by Crippen LogP contribution is 2.35. The summed E-state index contributed by atoms with van der Waals surface area (Å²) in [6.45, 7) is 0.605. The molecule has 1 N–H and O–H groups in total. The third-order valence-corrected chi connectivity index (χ3v) is 3.94. The van der Waals surface area contributed by atoms with E-state index in [9.17, 15) is 18.0 Å². The van der Waals surface area contributed by atoms with Crippen molar-refractivity contribution in [1.82, 2.24) is 4.90 Å². The van der Waals surface area contributed by atoms with Crippen LogP contribution in [0.2, 0.25) is 0 Å². The fourth-order valence-corrected chi connectivity index (χ4v) is 2.50. The van der Waals surface area contributed by atoms with Gasteiger partial charge in [0.15, 0.2) is 0 Å². The van der Waals surface area contributed by atoms with Gasteiger partial charge in [-0.05, 0) is 37.0 Å². The van der Waals surface area contributed by atoms with E-state index in [2.05, 4.69) is 5.32 Å². The van der Waals surface area contributed by atoms with Crippen molar-refractivity contribution in [3.05, 3.63) is 29.3 Å². The molecule has 0 spiro atoms. The molecule has 0 unspecified atom stereocenters. The van der Waals surface area contributed by atoms with Gasteiger partial charge in [-0.15, -0.1) is 0 Å². The highest BCUT2D eigenvalue weighted by molar-refractivity contribution is 5.94. The van der Waals surface area contributed by atoms with Crippen LogP contribution in [-0.4, -0.2) is 31.4 Å². The van der Waals surface area contributed by atoms with Gasteiger partial charge < -0.3 is 10.2 Å². The molecule has 0 saturated heterocycles. The molecule has 0 aromatic heterocycles. The van der Waals surface area contributed by atoms with Crippen molar-refractivity contribution in [3.63, 3.8) is 0 Å². The molecular formula is C15H19F3N2O. The summed E-state index contributed by atoms with van der Waals surface area (Å²) in [4.78, 5) is 13.7. The van der Waals surface area contributed by atoms with Crippen molar-refractivity contribution in [2.75, 3.05) is 26.0 Å². The maximum absolute atomic E-state index is 13.0. The predicted octanol–water partition coefficient (Wildman–Crippen LogP) is 3.62. The second kappa shape index (κ2) is 5.95. The van der Waals surface area contributed by atoms with Crippen LogP contribution in [0.4, 0.5) is 18.9 Å². The molecule has 1 aliphatic carbocycles. The lowest BCUT2D eigenvalue weighted by atomic mass is 9.85. The minimum atomic E-state index is -4.48. The van der Waals surface area contributed by atoms with Crippen molar-refractivity contribution in [2.24, 2.45) is 5.92 Å². The van der Waals surface area contributed by atoms with Crippen molar-refractivity contribution in [3.8, 4) is 0 Å². The van der Waals surface area contributed by atoms with Gasteiger partial charge in [0, 0.05) is 31.9 Å². The zero-order chi connectivity index (χ0) is 15.6. The first-order chi connectivity index (χ1) is 9.82. The molecule has 3 nitrogen and oxygen atoms in total. The van der Waals surface area contributed by atoms with Crippen LogP contribution < -0.4 is 5.32 Å². The summed E-state index contributed by atoms with van der Waals surface area (Å²) in [5, 5.41) is 2.50. The average molecular weight is 300 g/mol. The van der Waals surface area contributed by atoms with Crippen LogP contribution in [0.15, 0.2) is 18.2 Å². The maximum atomic E-state index is 13.0. The Bertz CT molecular complexity index is 524. The van der Waals surface area contributed by atoms with Crippen LogP contribution in [-0.2, 0) is 6.18 Å². The molecule has 2 rings (SSSR count). The van der Waals surface area contributed by atoms with Crippen molar-refractivity contribution in [2.45, 2.75) is 25.4 Å². The second-order valence-electron chi connectivity index (χ2n) is 5.49. The summed E-state index contributed by atoms with van der Waals surface area (Å²) in [5.74, 6) is 0.118. The van der Waals surface area contributed by atoms with Gasteiger partial charge >= 0.3 is 6.18 Å². The molecule has 0 heterocycles. The second-order valence-corrected chi connectivity index (χ2v) is 5.49. The molecule has 1 saturated carbocycles. The van der Waals surface area contributed by atoms with E-state index in [1.165, 1.54) is 30.5 Å². The average Bonchev–Trinajstić information content (AvgIpc) is 2.40. The molecule has 0 atom stereocenters. The van der Waals surface area contributed by atoms with E-state index in [-0.39, 0.29) is 17.2 Å². The van der Waals surface area contributed by atoms with E-state index < -0.39 is 11.7 Å². The number of nitrogens with zero attached hydrogens (tertiary/aromatic N) is 1. The van der Waals surface area contributed by atoms with Crippen LogP contribution in [0.5, 0.6) is 0 Å². The number of benzene rings is 1.